The Hall–Kier alpha value is -1.36. The highest BCUT2D eigenvalue weighted by molar-refractivity contribution is 7.89. The van der Waals surface area contributed by atoms with Gasteiger partial charge in [0, 0.05) is 11.6 Å². The minimum Gasteiger partial charge on any atom is -0.200 e. The molecule has 0 heterocycles. The maximum atomic E-state index is 12.3. The van der Waals surface area contributed by atoms with Crippen molar-refractivity contribution < 1.29 is 8.42 Å². The quantitative estimate of drug-likeness (QED) is 0.870. The van der Waals surface area contributed by atoms with E-state index < -0.39 is 10.0 Å². The normalized spacial score (nSPS) is 30.7. The second kappa shape index (κ2) is 4.82. The number of hydrazone groups is 1. The summed E-state index contributed by atoms with van der Waals surface area (Å²) >= 11 is 0. The second-order valence-electron chi connectivity index (χ2n) is 7.13. The maximum absolute atomic E-state index is 12.3. The first-order valence-electron chi connectivity index (χ1n) is 8.16. The van der Waals surface area contributed by atoms with Crippen LogP contribution in [0, 0.1) is 24.2 Å². The third kappa shape index (κ3) is 2.02. The minimum absolute atomic E-state index is 0.281. The van der Waals surface area contributed by atoms with E-state index in [4.69, 9.17) is 0 Å². The molecule has 2 bridgehead atoms. The Labute approximate surface area is 132 Å². The van der Waals surface area contributed by atoms with Crippen molar-refractivity contribution in [2.45, 2.75) is 50.3 Å². The zero-order chi connectivity index (χ0) is 15.4. The Morgan fingerprint density at radius 3 is 2.50 bits per heavy atom. The molecule has 4 rings (SSSR count). The zero-order valence-corrected chi connectivity index (χ0v) is 13.7. The topological polar surface area (TPSA) is 58.5 Å². The van der Waals surface area contributed by atoms with E-state index in [0.29, 0.717) is 11.3 Å². The molecule has 0 aliphatic heterocycles. The first-order chi connectivity index (χ1) is 10.5. The van der Waals surface area contributed by atoms with Crippen LogP contribution in [0.4, 0.5) is 0 Å². The first kappa shape index (κ1) is 14.2. The number of aryl methyl sites for hydroxylation is 1. The van der Waals surface area contributed by atoms with Gasteiger partial charge in [0.15, 0.2) is 0 Å². The molecular formula is C17H22N2O2S. The number of sulfonamides is 1. The lowest BCUT2D eigenvalue weighted by Crippen LogP contribution is -2.35. The summed E-state index contributed by atoms with van der Waals surface area (Å²) < 4.78 is 24.7. The van der Waals surface area contributed by atoms with Crippen LogP contribution in [0.15, 0.2) is 34.3 Å². The fraction of sp³-hybridized carbons (Fsp3) is 0.588. The lowest BCUT2D eigenvalue weighted by atomic mass is 9.62. The van der Waals surface area contributed by atoms with Gasteiger partial charge in [-0.15, -0.1) is 0 Å². The van der Waals surface area contributed by atoms with Crippen molar-refractivity contribution in [1.29, 1.82) is 0 Å². The van der Waals surface area contributed by atoms with Crippen LogP contribution >= 0.6 is 0 Å². The SMILES string of the molecule is Cc1ccc(S(=O)(=O)N/N=C2/CC3CCC2C32CCC2)cc1. The summed E-state index contributed by atoms with van der Waals surface area (Å²) in [7, 11) is -3.54. The predicted molar refractivity (Wildman–Crippen MR) is 86.1 cm³/mol. The van der Waals surface area contributed by atoms with Gasteiger partial charge >= 0.3 is 0 Å². The Balaban J connectivity index is 1.54. The molecule has 118 valence electrons. The van der Waals surface area contributed by atoms with Crippen LogP contribution in [-0.2, 0) is 10.0 Å². The van der Waals surface area contributed by atoms with Crippen LogP contribution in [0.3, 0.4) is 0 Å². The van der Waals surface area contributed by atoms with Gasteiger partial charge in [0.2, 0.25) is 0 Å². The van der Waals surface area contributed by atoms with Gasteiger partial charge in [0.25, 0.3) is 10.0 Å². The van der Waals surface area contributed by atoms with E-state index in [1.807, 2.05) is 19.1 Å². The number of hydrogen-bond donors (Lipinski definition) is 1. The molecule has 5 heteroatoms. The van der Waals surface area contributed by atoms with E-state index in [0.717, 1.165) is 23.6 Å². The third-order valence-electron chi connectivity index (χ3n) is 6.09. The van der Waals surface area contributed by atoms with E-state index in [-0.39, 0.29) is 4.90 Å². The van der Waals surface area contributed by atoms with Crippen molar-refractivity contribution in [3.8, 4) is 0 Å². The van der Waals surface area contributed by atoms with Gasteiger partial charge in [-0.2, -0.15) is 13.5 Å². The molecule has 1 aromatic carbocycles. The third-order valence-corrected chi connectivity index (χ3v) is 7.32. The highest BCUT2D eigenvalue weighted by Gasteiger charge is 2.59. The predicted octanol–water partition coefficient (Wildman–Crippen LogP) is 3.23. The van der Waals surface area contributed by atoms with Crippen LogP contribution in [0.2, 0.25) is 0 Å². The number of nitrogens with zero attached hydrogens (tertiary/aromatic N) is 1. The smallest absolute Gasteiger partial charge is 0.200 e. The highest BCUT2D eigenvalue weighted by Crippen LogP contribution is 2.65. The van der Waals surface area contributed by atoms with E-state index in [1.165, 1.54) is 32.1 Å². The van der Waals surface area contributed by atoms with Gasteiger partial charge in [0.05, 0.1) is 4.90 Å². The average Bonchev–Trinajstić information content (AvgIpc) is 2.98. The molecule has 2 atom stereocenters. The molecule has 1 spiro atoms. The van der Waals surface area contributed by atoms with E-state index in [2.05, 4.69) is 9.93 Å². The number of rotatable bonds is 3. The van der Waals surface area contributed by atoms with Crippen molar-refractivity contribution >= 4 is 15.7 Å². The van der Waals surface area contributed by atoms with Gasteiger partial charge in [-0.1, -0.05) is 24.1 Å². The van der Waals surface area contributed by atoms with Gasteiger partial charge < -0.3 is 0 Å². The van der Waals surface area contributed by atoms with Crippen LogP contribution < -0.4 is 4.83 Å². The van der Waals surface area contributed by atoms with Gasteiger partial charge in [-0.25, -0.2) is 4.83 Å². The molecule has 3 aliphatic rings. The van der Waals surface area contributed by atoms with E-state index in [1.54, 1.807) is 12.1 Å². The summed E-state index contributed by atoms with van der Waals surface area (Å²) in [5, 5.41) is 4.33. The molecule has 0 aromatic heterocycles. The lowest BCUT2D eigenvalue weighted by Gasteiger charge is -2.42. The monoisotopic (exact) mass is 318 g/mol. The highest BCUT2D eigenvalue weighted by atomic mass is 32.2. The Morgan fingerprint density at radius 1 is 1.18 bits per heavy atom. The Kier molecular flexibility index (Phi) is 3.12. The minimum atomic E-state index is -3.54. The molecule has 22 heavy (non-hydrogen) atoms. The summed E-state index contributed by atoms with van der Waals surface area (Å²) in [4.78, 5) is 2.75. The number of nitrogens with one attached hydrogen (secondary N) is 1. The van der Waals surface area contributed by atoms with Gasteiger partial charge in [0.1, 0.15) is 0 Å². The lowest BCUT2D eigenvalue weighted by molar-refractivity contribution is 0.0787. The van der Waals surface area contributed by atoms with Gasteiger partial charge in [-0.3, -0.25) is 0 Å². The number of hydrogen-bond acceptors (Lipinski definition) is 3. The van der Waals surface area contributed by atoms with Crippen molar-refractivity contribution in [2.24, 2.45) is 22.4 Å². The molecule has 0 radical (unpaired) electrons. The summed E-state index contributed by atoms with van der Waals surface area (Å²) in [6.07, 6.45) is 7.43. The molecular weight excluding hydrogens is 296 g/mol. The summed E-state index contributed by atoms with van der Waals surface area (Å²) in [5.41, 5.74) is 2.62. The molecule has 1 aromatic rings. The second-order valence-corrected chi connectivity index (χ2v) is 8.79. The molecule has 4 nitrogen and oxygen atoms in total. The molecule has 3 aliphatic carbocycles. The summed E-state index contributed by atoms with van der Waals surface area (Å²) in [5.74, 6) is 1.26. The van der Waals surface area contributed by atoms with Crippen LogP contribution in [0.1, 0.15) is 44.1 Å². The van der Waals surface area contributed by atoms with E-state index >= 15 is 0 Å². The van der Waals surface area contributed by atoms with Crippen molar-refractivity contribution in [2.75, 3.05) is 0 Å². The number of benzene rings is 1. The molecule has 3 saturated carbocycles. The maximum Gasteiger partial charge on any atom is 0.276 e. The van der Waals surface area contributed by atoms with Crippen LogP contribution in [-0.4, -0.2) is 14.1 Å². The van der Waals surface area contributed by atoms with Crippen molar-refractivity contribution in [3.05, 3.63) is 29.8 Å². The average molecular weight is 318 g/mol. The van der Waals surface area contributed by atoms with Gasteiger partial charge in [-0.05, 0) is 62.5 Å². The Morgan fingerprint density at radius 2 is 1.91 bits per heavy atom. The standard InChI is InChI=1S/C17H22N2O2S/c1-12-3-6-14(7-4-12)22(20,21)19-18-16-11-13-5-8-15(16)17(13)9-2-10-17/h3-4,6-7,13,15,19H,2,5,8-11H2,1H3/b18-16-. The molecule has 3 fully saturated rings. The molecule has 2 unspecified atom stereocenters. The first-order valence-corrected chi connectivity index (χ1v) is 9.64. The van der Waals surface area contributed by atoms with Crippen LogP contribution in [0.5, 0.6) is 0 Å². The molecule has 0 amide bonds. The van der Waals surface area contributed by atoms with E-state index in [9.17, 15) is 8.42 Å². The fourth-order valence-corrected chi connectivity index (χ4v) is 5.62. The largest absolute Gasteiger partial charge is 0.276 e. The van der Waals surface area contributed by atoms with Crippen molar-refractivity contribution in [3.63, 3.8) is 0 Å². The summed E-state index contributed by atoms with van der Waals surface area (Å²) in [6, 6.07) is 6.88. The Bertz CT molecular complexity index is 718. The zero-order valence-electron chi connectivity index (χ0n) is 12.9. The molecule has 1 N–H and O–H groups in total. The molecule has 0 saturated heterocycles. The summed E-state index contributed by atoms with van der Waals surface area (Å²) in [6.45, 7) is 1.94. The fourth-order valence-electron chi connectivity index (χ4n) is 4.78. The van der Waals surface area contributed by atoms with Crippen LogP contribution in [0.25, 0.3) is 0 Å². The van der Waals surface area contributed by atoms with Crippen molar-refractivity contribution in [1.82, 2.24) is 4.83 Å².